The van der Waals surface area contributed by atoms with Crippen LogP contribution >= 0.6 is 0 Å². The maximum Gasteiger partial charge on any atom is 0.189 e. The molecule has 0 N–H and O–H groups in total. The Kier molecular flexibility index (Phi) is 7.53. The van der Waals surface area contributed by atoms with Crippen LogP contribution in [-0.2, 0) is 0 Å². The Bertz CT molecular complexity index is 902. The van der Waals surface area contributed by atoms with Crippen LogP contribution in [0.2, 0.25) is 0 Å². The van der Waals surface area contributed by atoms with E-state index >= 15 is 0 Å². The summed E-state index contributed by atoms with van der Waals surface area (Å²) in [6, 6.07) is 9.00. The Morgan fingerprint density at radius 2 is 1.62 bits per heavy atom. The molecule has 0 atom stereocenters. The minimum Gasteiger partial charge on any atom is -0.497 e. The number of carbonyl (C=O) groups excluding carboxylic acids is 1. The zero-order valence-corrected chi connectivity index (χ0v) is 18.2. The smallest absolute Gasteiger partial charge is 0.189 e. The van der Waals surface area contributed by atoms with E-state index in [1.165, 1.54) is 0 Å². The van der Waals surface area contributed by atoms with E-state index in [-0.39, 0.29) is 5.78 Å². The normalized spacial score (nSPS) is 11.1. The number of benzene rings is 2. The third kappa shape index (κ3) is 4.83. The highest BCUT2D eigenvalue weighted by Gasteiger charge is 2.17. The molecule has 0 saturated carbocycles. The Labute approximate surface area is 172 Å². The van der Waals surface area contributed by atoms with Crippen molar-refractivity contribution in [2.24, 2.45) is 0 Å². The molecule has 6 nitrogen and oxygen atoms in total. The number of ether oxygens (including phenoxy) is 4. The maximum atomic E-state index is 13.2. The summed E-state index contributed by atoms with van der Waals surface area (Å²) in [4.78, 5) is 15.1. The van der Waals surface area contributed by atoms with E-state index in [0.29, 0.717) is 40.6 Å². The van der Waals surface area contributed by atoms with E-state index in [1.54, 1.807) is 40.6 Å². The molecule has 2 aromatic rings. The number of anilines is 1. The second-order valence-corrected chi connectivity index (χ2v) is 6.59. The van der Waals surface area contributed by atoms with Gasteiger partial charge in [-0.2, -0.15) is 0 Å². The van der Waals surface area contributed by atoms with Crippen molar-refractivity contribution in [2.45, 2.75) is 13.3 Å². The quantitative estimate of drug-likeness (QED) is 0.458. The van der Waals surface area contributed by atoms with Gasteiger partial charge in [0, 0.05) is 36.9 Å². The van der Waals surface area contributed by atoms with Gasteiger partial charge < -0.3 is 23.8 Å². The standard InChI is InChI=1S/C23H29NO5/c1-8-15(11-17-12-18(26-4)14-21(28-6)23(17)29-7)22(25)16-9-10-20(27-5)19(13-16)24(2)3/h9-14H,8H2,1-7H3/b15-11+. The van der Waals surface area contributed by atoms with Gasteiger partial charge in [0.1, 0.15) is 11.5 Å². The lowest BCUT2D eigenvalue weighted by molar-refractivity contribution is 0.103. The van der Waals surface area contributed by atoms with E-state index in [2.05, 4.69) is 0 Å². The Balaban J connectivity index is 2.55. The minimum atomic E-state index is -0.0536. The molecule has 29 heavy (non-hydrogen) atoms. The Morgan fingerprint density at radius 3 is 2.14 bits per heavy atom. The van der Waals surface area contributed by atoms with Crippen LogP contribution in [0.15, 0.2) is 35.9 Å². The van der Waals surface area contributed by atoms with Gasteiger partial charge in [0.15, 0.2) is 17.3 Å². The van der Waals surface area contributed by atoms with Crippen molar-refractivity contribution in [1.82, 2.24) is 0 Å². The van der Waals surface area contributed by atoms with Gasteiger partial charge in [0.05, 0.1) is 34.1 Å². The van der Waals surface area contributed by atoms with E-state index in [1.807, 2.05) is 50.2 Å². The summed E-state index contributed by atoms with van der Waals surface area (Å²) in [6.45, 7) is 1.95. The average molecular weight is 399 g/mol. The van der Waals surface area contributed by atoms with Gasteiger partial charge in [-0.1, -0.05) is 6.92 Å². The van der Waals surface area contributed by atoms with Gasteiger partial charge in [0.25, 0.3) is 0 Å². The number of allylic oxidation sites excluding steroid dienone is 1. The van der Waals surface area contributed by atoms with Crippen LogP contribution in [0.1, 0.15) is 29.3 Å². The van der Waals surface area contributed by atoms with Gasteiger partial charge in [-0.15, -0.1) is 0 Å². The van der Waals surface area contributed by atoms with Crippen molar-refractivity contribution in [1.29, 1.82) is 0 Å². The van der Waals surface area contributed by atoms with Crippen molar-refractivity contribution in [3.63, 3.8) is 0 Å². The molecule has 0 heterocycles. The first kappa shape index (κ1) is 22.1. The molecule has 0 aromatic heterocycles. The lowest BCUT2D eigenvalue weighted by Gasteiger charge is -2.18. The highest BCUT2D eigenvalue weighted by atomic mass is 16.5. The Hall–Kier alpha value is -3.15. The SMILES string of the molecule is CC/C(=C\c1cc(OC)cc(OC)c1OC)C(=O)c1ccc(OC)c(N(C)C)c1. The fourth-order valence-corrected chi connectivity index (χ4v) is 3.07. The minimum absolute atomic E-state index is 0.0536. The van der Waals surface area contributed by atoms with Crippen LogP contribution < -0.4 is 23.8 Å². The number of hydrogen-bond donors (Lipinski definition) is 0. The molecular weight excluding hydrogens is 370 g/mol. The molecule has 0 aliphatic rings. The monoisotopic (exact) mass is 399 g/mol. The Morgan fingerprint density at radius 1 is 0.931 bits per heavy atom. The molecule has 0 aliphatic carbocycles. The third-order valence-electron chi connectivity index (χ3n) is 4.64. The van der Waals surface area contributed by atoms with Gasteiger partial charge >= 0.3 is 0 Å². The molecule has 0 bridgehead atoms. The summed E-state index contributed by atoms with van der Waals surface area (Å²) in [7, 11) is 10.2. The summed E-state index contributed by atoms with van der Waals surface area (Å²) in [6.07, 6.45) is 2.39. The molecule has 0 radical (unpaired) electrons. The van der Waals surface area contributed by atoms with Gasteiger partial charge in [-0.05, 0) is 36.8 Å². The predicted molar refractivity (Wildman–Crippen MR) is 116 cm³/mol. The van der Waals surface area contributed by atoms with Crippen molar-refractivity contribution < 1.29 is 23.7 Å². The van der Waals surface area contributed by atoms with Crippen LogP contribution in [0, 0.1) is 0 Å². The van der Waals surface area contributed by atoms with Crippen molar-refractivity contribution >= 4 is 17.5 Å². The third-order valence-corrected chi connectivity index (χ3v) is 4.64. The highest BCUT2D eigenvalue weighted by molar-refractivity contribution is 6.12. The van der Waals surface area contributed by atoms with Crippen molar-refractivity contribution in [3.05, 3.63) is 47.0 Å². The molecule has 0 amide bonds. The van der Waals surface area contributed by atoms with E-state index in [4.69, 9.17) is 18.9 Å². The predicted octanol–water partition coefficient (Wildman–Crippen LogP) is 4.46. The van der Waals surface area contributed by atoms with Crippen LogP contribution in [-0.4, -0.2) is 48.3 Å². The topological polar surface area (TPSA) is 57.2 Å². The van der Waals surface area contributed by atoms with Crippen molar-refractivity contribution in [2.75, 3.05) is 47.4 Å². The van der Waals surface area contributed by atoms with Crippen molar-refractivity contribution in [3.8, 4) is 23.0 Å². The second kappa shape index (κ2) is 9.87. The molecule has 0 aliphatic heterocycles. The maximum absolute atomic E-state index is 13.2. The van der Waals surface area contributed by atoms with E-state index in [9.17, 15) is 4.79 Å². The molecule has 6 heteroatoms. The van der Waals surface area contributed by atoms with Crippen LogP contribution in [0.25, 0.3) is 6.08 Å². The fraction of sp³-hybridized carbons (Fsp3) is 0.348. The number of hydrogen-bond acceptors (Lipinski definition) is 6. The lowest BCUT2D eigenvalue weighted by atomic mass is 9.97. The molecular formula is C23H29NO5. The van der Waals surface area contributed by atoms with Gasteiger partial charge in [0.2, 0.25) is 0 Å². The zero-order chi connectivity index (χ0) is 21.6. The molecule has 0 fully saturated rings. The van der Waals surface area contributed by atoms with Crippen LogP contribution in [0.5, 0.6) is 23.0 Å². The van der Waals surface area contributed by atoms with Crippen LogP contribution in [0.3, 0.4) is 0 Å². The summed E-state index contributed by atoms with van der Waals surface area (Å²) in [5, 5.41) is 0. The first-order valence-electron chi connectivity index (χ1n) is 9.30. The van der Waals surface area contributed by atoms with Gasteiger partial charge in [-0.25, -0.2) is 0 Å². The largest absolute Gasteiger partial charge is 0.497 e. The summed E-state index contributed by atoms with van der Waals surface area (Å²) < 4.78 is 21.7. The van der Waals surface area contributed by atoms with E-state index < -0.39 is 0 Å². The fourth-order valence-electron chi connectivity index (χ4n) is 3.07. The highest BCUT2D eigenvalue weighted by Crippen LogP contribution is 2.37. The summed E-state index contributed by atoms with van der Waals surface area (Å²) in [5.41, 5.74) is 2.80. The number of methoxy groups -OCH3 is 4. The summed E-state index contributed by atoms with van der Waals surface area (Å²) in [5.74, 6) is 2.38. The molecule has 2 rings (SSSR count). The van der Waals surface area contributed by atoms with Crippen LogP contribution in [0.4, 0.5) is 5.69 Å². The zero-order valence-electron chi connectivity index (χ0n) is 18.2. The number of nitrogens with zero attached hydrogens (tertiary/aromatic N) is 1. The molecule has 0 unspecified atom stereocenters. The number of carbonyl (C=O) groups is 1. The second-order valence-electron chi connectivity index (χ2n) is 6.59. The number of rotatable bonds is 9. The molecule has 0 saturated heterocycles. The first-order chi connectivity index (χ1) is 13.9. The molecule has 2 aromatic carbocycles. The van der Waals surface area contributed by atoms with Gasteiger partial charge in [-0.3, -0.25) is 4.79 Å². The molecule has 0 spiro atoms. The number of ketones is 1. The summed E-state index contributed by atoms with van der Waals surface area (Å²) >= 11 is 0. The average Bonchev–Trinajstić information content (AvgIpc) is 2.75. The number of Topliss-reactive ketones (excluding diaryl/α,β-unsaturated/α-hetero) is 1. The van der Waals surface area contributed by atoms with E-state index in [0.717, 1.165) is 11.3 Å². The first-order valence-corrected chi connectivity index (χ1v) is 9.30. The molecule has 156 valence electrons. The lowest BCUT2D eigenvalue weighted by Crippen LogP contribution is -2.12.